The number of aliphatic hydroxyl groups is 1. The Hall–Kier alpha value is -0.390. The molecule has 0 aliphatic rings. The first-order valence-electron chi connectivity index (χ1n) is 2.18. The standard InChI is InChI=1S/C2H4O3S.C2H6O/c1-2-6(3,4)5;1-2-3/h2H,1H2,(H,3,4,5);3H,2H2,1H3. The van der Waals surface area contributed by atoms with Crippen molar-refractivity contribution in [1.29, 1.82) is 0 Å². The van der Waals surface area contributed by atoms with Crippen molar-refractivity contribution in [2.75, 3.05) is 6.61 Å². The van der Waals surface area contributed by atoms with Gasteiger partial charge in [0.1, 0.15) is 0 Å². The molecule has 0 aromatic rings. The van der Waals surface area contributed by atoms with Gasteiger partial charge in [0.05, 0.1) is 5.41 Å². The third-order valence-electron chi connectivity index (χ3n) is 0.211. The Morgan fingerprint density at radius 1 is 1.67 bits per heavy atom. The van der Waals surface area contributed by atoms with E-state index < -0.39 is 10.1 Å². The molecule has 9 heavy (non-hydrogen) atoms. The maximum absolute atomic E-state index is 9.44. The van der Waals surface area contributed by atoms with Crippen molar-refractivity contribution in [2.24, 2.45) is 0 Å². The van der Waals surface area contributed by atoms with Crippen molar-refractivity contribution >= 4 is 10.1 Å². The van der Waals surface area contributed by atoms with E-state index in [0.717, 1.165) is 0 Å². The van der Waals surface area contributed by atoms with Crippen LogP contribution in [0.25, 0.3) is 0 Å². The third-order valence-corrected chi connectivity index (χ3v) is 0.632. The van der Waals surface area contributed by atoms with Crippen LogP contribution < -0.4 is 0 Å². The van der Waals surface area contributed by atoms with E-state index in [1.54, 1.807) is 6.92 Å². The summed E-state index contributed by atoms with van der Waals surface area (Å²) in [6.45, 7) is 4.72. The predicted octanol–water partition coefficient (Wildman–Crippen LogP) is 0.0163. The van der Waals surface area contributed by atoms with E-state index in [-0.39, 0.29) is 6.61 Å². The molecule has 0 aliphatic heterocycles. The summed E-state index contributed by atoms with van der Waals surface area (Å²) in [5.41, 5.74) is 0. The quantitative estimate of drug-likeness (QED) is 0.522. The highest BCUT2D eigenvalue weighted by Gasteiger charge is 1.87. The molecule has 0 radical (unpaired) electrons. The average molecular weight is 154 g/mol. The summed E-state index contributed by atoms with van der Waals surface area (Å²) in [4.78, 5) is 0. The van der Waals surface area contributed by atoms with Crippen molar-refractivity contribution < 1.29 is 18.1 Å². The lowest BCUT2D eigenvalue weighted by molar-refractivity contribution is 0.318. The van der Waals surface area contributed by atoms with E-state index in [2.05, 4.69) is 6.58 Å². The highest BCUT2D eigenvalue weighted by molar-refractivity contribution is 7.88. The maximum Gasteiger partial charge on any atom is 0.287 e. The molecule has 0 aromatic carbocycles. The molecule has 0 aliphatic carbocycles. The summed E-state index contributed by atoms with van der Waals surface area (Å²) in [6, 6.07) is 0. The first kappa shape index (κ1) is 11.4. The van der Waals surface area contributed by atoms with E-state index >= 15 is 0 Å². The van der Waals surface area contributed by atoms with Gasteiger partial charge in [-0.15, -0.1) is 0 Å². The van der Waals surface area contributed by atoms with E-state index in [9.17, 15) is 8.42 Å². The van der Waals surface area contributed by atoms with E-state index in [4.69, 9.17) is 9.66 Å². The minimum absolute atomic E-state index is 0.250. The zero-order valence-electron chi connectivity index (χ0n) is 5.11. The zero-order chi connectivity index (χ0) is 7.91. The molecule has 5 heteroatoms. The third kappa shape index (κ3) is 35.2. The normalized spacial score (nSPS) is 9.22. The summed E-state index contributed by atoms with van der Waals surface area (Å²) >= 11 is 0. The molecule has 0 bridgehead atoms. The number of aliphatic hydroxyl groups excluding tert-OH is 1. The van der Waals surface area contributed by atoms with Crippen molar-refractivity contribution in [1.82, 2.24) is 0 Å². The fraction of sp³-hybridized carbons (Fsp3) is 0.500. The van der Waals surface area contributed by atoms with Crippen LogP contribution in [0.3, 0.4) is 0 Å². The molecule has 0 spiro atoms. The number of rotatable bonds is 1. The Bertz CT molecular complexity index is 134. The second-order valence-electron chi connectivity index (χ2n) is 0.998. The molecule has 4 nitrogen and oxygen atoms in total. The Morgan fingerprint density at radius 3 is 1.78 bits per heavy atom. The van der Waals surface area contributed by atoms with Gasteiger partial charge in [-0.1, -0.05) is 6.58 Å². The minimum Gasteiger partial charge on any atom is -0.397 e. The van der Waals surface area contributed by atoms with E-state index in [1.165, 1.54) is 0 Å². The molecule has 0 saturated heterocycles. The molecule has 0 aromatic heterocycles. The summed E-state index contributed by atoms with van der Waals surface area (Å²) in [5, 5.41) is 8.03. The van der Waals surface area contributed by atoms with Crippen LogP contribution >= 0.6 is 0 Å². The number of hydrogen-bond donors (Lipinski definition) is 2. The van der Waals surface area contributed by atoms with Gasteiger partial charge in [-0.2, -0.15) is 8.42 Å². The van der Waals surface area contributed by atoms with Crippen molar-refractivity contribution in [3.8, 4) is 0 Å². The second kappa shape index (κ2) is 5.74. The van der Waals surface area contributed by atoms with Crippen LogP contribution in [0, 0.1) is 0 Å². The largest absolute Gasteiger partial charge is 0.397 e. The van der Waals surface area contributed by atoms with Gasteiger partial charge >= 0.3 is 0 Å². The van der Waals surface area contributed by atoms with Crippen LogP contribution in [-0.4, -0.2) is 24.7 Å². The molecule has 0 atom stereocenters. The highest BCUT2D eigenvalue weighted by atomic mass is 32.2. The minimum atomic E-state index is -3.90. The van der Waals surface area contributed by atoms with Gasteiger partial charge in [0.25, 0.3) is 10.1 Å². The van der Waals surface area contributed by atoms with Gasteiger partial charge < -0.3 is 5.11 Å². The van der Waals surface area contributed by atoms with Crippen molar-refractivity contribution in [3.05, 3.63) is 12.0 Å². The molecule has 2 N–H and O–H groups in total. The summed E-state index contributed by atoms with van der Waals surface area (Å²) in [5.74, 6) is 0. The van der Waals surface area contributed by atoms with Gasteiger partial charge in [0.2, 0.25) is 0 Å². The van der Waals surface area contributed by atoms with Crippen LogP contribution in [0.15, 0.2) is 12.0 Å². The topological polar surface area (TPSA) is 74.6 Å². The smallest absolute Gasteiger partial charge is 0.287 e. The lowest BCUT2D eigenvalue weighted by Gasteiger charge is -1.73. The summed E-state index contributed by atoms with van der Waals surface area (Å²) in [7, 11) is -3.90. The average Bonchev–Trinajstić information content (AvgIpc) is 1.67. The molecule has 0 fully saturated rings. The van der Waals surface area contributed by atoms with Gasteiger partial charge in [0, 0.05) is 6.61 Å². The highest BCUT2D eigenvalue weighted by Crippen LogP contribution is 1.75. The molecule has 56 valence electrons. The molecule has 0 unspecified atom stereocenters. The fourth-order valence-electron chi connectivity index (χ4n) is 0. The van der Waals surface area contributed by atoms with Crippen molar-refractivity contribution in [3.63, 3.8) is 0 Å². The summed E-state index contributed by atoms with van der Waals surface area (Å²) < 4.78 is 26.6. The van der Waals surface area contributed by atoms with Gasteiger partial charge in [-0.25, -0.2) is 0 Å². The van der Waals surface area contributed by atoms with Gasteiger partial charge in [-0.05, 0) is 6.92 Å². The molecule has 0 rings (SSSR count). The molecule has 0 heterocycles. The second-order valence-corrected chi connectivity index (χ2v) is 2.36. The maximum atomic E-state index is 9.44. The molecule has 0 saturated carbocycles. The molecular weight excluding hydrogens is 144 g/mol. The Labute approximate surface area is 54.6 Å². The van der Waals surface area contributed by atoms with Crippen LogP contribution in [0.5, 0.6) is 0 Å². The van der Waals surface area contributed by atoms with Crippen molar-refractivity contribution in [2.45, 2.75) is 6.92 Å². The summed E-state index contributed by atoms with van der Waals surface area (Å²) in [6.07, 6.45) is 0. The molecule has 0 amide bonds. The van der Waals surface area contributed by atoms with Gasteiger partial charge in [-0.3, -0.25) is 4.55 Å². The lowest BCUT2D eigenvalue weighted by atomic mass is 10.9. The van der Waals surface area contributed by atoms with E-state index in [0.29, 0.717) is 5.41 Å². The van der Waals surface area contributed by atoms with Crippen LogP contribution in [0.4, 0.5) is 0 Å². The SMILES string of the molecule is C=CS(=O)(=O)O.CCO. The zero-order valence-corrected chi connectivity index (χ0v) is 5.93. The Morgan fingerprint density at radius 2 is 1.78 bits per heavy atom. The Balaban J connectivity index is 0. The van der Waals surface area contributed by atoms with Crippen LogP contribution in [-0.2, 0) is 10.1 Å². The van der Waals surface area contributed by atoms with Gasteiger partial charge in [0.15, 0.2) is 0 Å². The molecular formula is C4H10O4S. The first-order chi connectivity index (χ1) is 3.97. The van der Waals surface area contributed by atoms with E-state index in [1.807, 2.05) is 0 Å². The van der Waals surface area contributed by atoms with Crippen LogP contribution in [0.1, 0.15) is 6.92 Å². The Kier molecular flexibility index (Phi) is 7.28. The predicted molar refractivity (Wildman–Crippen MR) is 34.5 cm³/mol. The first-order valence-corrected chi connectivity index (χ1v) is 3.69. The monoisotopic (exact) mass is 154 g/mol. The fourth-order valence-corrected chi connectivity index (χ4v) is 0. The lowest BCUT2D eigenvalue weighted by Crippen LogP contribution is -1.86. The number of hydrogen-bond acceptors (Lipinski definition) is 3. The van der Waals surface area contributed by atoms with Crippen LogP contribution in [0.2, 0.25) is 0 Å².